The molecule has 4 nitrogen and oxygen atoms in total. The Bertz CT molecular complexity index is 1430. The normalized spacial score (nSPS) is 11.3. The van der Waals surface area contributed by atoms with Gasteiger partial charge in [-0.1, -0.05) is 53.3 Å². The minimum absolute atomic E-state index is 0.162. The fourth-order valence-electron chi connectivity index (χ4n) is 3.63. The molecule has 1 amide bonds. The van der Waals surface area contributed by atoms with Crippen molar-refractivity contribution in [2.45, 2.75) is 20.4 Å². The summed E-state index contributed by atoms with van der Waals surface area (Å²) >= 11 is 9.57. The van der Waals surface area contributed by atoms with E-state index in [0.717, 1.165) is 31.6 Å². The Balaban J connectivity index is 1.64. The maximum atomic E-state index is 13.8. The number of hydrogen-bond acceptors (Lipinski definition) is 5. The van der Waals surface area contributed by atoms with E-state index in [0.29, 0.717) is 21.6 Å². The van der Waals surface area contributed by atoms with E-state index in [1.54, 1.807) is 11.1 Å². The Morgan fingerprint density at radius 1 is 1.03 bits per heavy atom. The molecule has 0 aliphatic heterocycles. The van der Waals surface area contributed by atoms with Crippen molar-refractivity contribution in [3.63, 3.8) is 0 Å². The van der Waals surface area contributed by atoms with E-state index in [4.69, 9.17) is 16.6 Å². The van der Waals surface area contributed by atoms with Gasteiger partial charge in [0.1, 0.15) is 4.88 Å². The van der Waals surface area contributed by atoms with Crippen molar-refractivity contribution in [3.8, 4) is 0 Å². The van der Waals surface area contributed by atoms with E-state index in [-0.39, 0.29) is 5.91 Å². The average molecular weight is 464 g/mol. The van der Waals surface area contributed by atoms with Gasteiger partial charge in [-0.3, -0.25) is 14.7 Å². The van der Waals surface area contributed by atoms with Gasteiger partial charge in [0.15, 0.2) is 5.13 Å². The van der Waals surface area contributed by atoms with E-state index in [9.17, 15) is 4.79 Å². The van der Waals surface area contributed by atoms with Crippen LogP contribution in [0.2, 0.25) is 5.02 Å². The standard InChI is InChI=1S/C24H18ClN3OS2/c1-14-11-15(2)21-19(12-14)31-24(27-21)28(13-16-7-5-6-10-26-16)23(29)22-20(25)17-8-3-4-9-18(17)30-22/h3-12H,13H2,1-2H3. The number of aromatic nitrogens is 2. The van der Waals surface area contributed by atoms with Crippen LogP contribution in [-0.2, 0) is 6.54 Å². The fourth-order valence-corrected chi connectivity index (χ4v) is 6.23. The van der Waals surface area contributed by atoms with Gasteiger partial charge in [0, 0.05) is 16.3 Å². The van der Waals surface area contributed by atoms with Crippen LogP contribution in [0, 0.1) is 13.8 Å². The average Bonchev–Trinajstić information content (AvgIpc) is 3.34. The summed E-state index contributed by atoms with van der Waals surface area (Å²) in [7, 11) is 0. The molecular formula is C24H18ClN3OS2. The molecule has 5 aromatic rings. The van der Waals surface area contributed by atoms with E-state index < -0.39 is 0 Å². The summed E-state index contributed by atoms with van der Waals surface area (Å²) in [5.74, 6) is -0.162. The zero-order valence-corrected chi connectivity index (χ0v) is 19.3. The first kappa shape index (κ1) is 20.1. The summed E-state index contributed by atoms with van der Waals surface area (Å²) in [5.41, 5.74) is 3.99. The van der Waals surface area contributed by atoms with Gasteiger partial charge < -0.3 is 0 Å². The number of nitrogens with zero attached hydrogens (tertiary/aromatic N) is 3. The number of thiazole rings is 1. The number of thiophene rings is 1. The highest BCUT2D eigenvalue weighted by Crippen LogP contribution is 2.38. The molecule has 7 heteroatoms. The van der Waals surface area contributed by atoms with Crippen molar-refractivity contribution in [3.05, 3.63) is 87.5 Å². The Morgan fingerprint density at radius 3 is 2.61 bits per heavy atom. The molecule has 0 radical (unpaired) electrons. The number of carbonyl (C=O) groups excluding carboxylic acids is 1. The zero-order chi connectivity index (χ0) is 21.5. The van der Waals surface area contributed by atoms with Crippen LogP contribution >= 0.6 is 34.3 Å². The van der Waals surface area contributed by atoms with Crippen LogP contribution in [0.3, 0.4) is 0 Å². The number of fused-ring (bicyclic) bond motifs is 2. The van der Waals surface area contributed by atoms with Crippen LogP contribution in [-0.4, -0.2) is 15.9 Å². The van der Waals surface area contributed by atoms with Crippen molar-refractivity contribution in [1.82, 2.24) is 9.97 Å². The van der Waals surface area contributed by atoms with Crippen molar-refractivity contribution in [2.75, 3.05) is 4.90 Å². The summed E-state index contributed by atoms with van der Waals surface area (Å²) in [6.07, 6.45) is 1.73. The van der Waals surface area contributed by atoms with E-state index in [1.165, 1.54) is 28.2 Å². The second kappa shape index (κ2) is 8.04. The lowest BCUT2D eigenvalue weighted by Crippen LogP contribution is -2.30. The van der Waals surface area contributed by atoms with Crippen LogP contribution in [0.5, 0.6) is 0 Å². The Labute approximate surface area is 192 Å². The van der Waals surface area contributed by atoms with E-state index in [1.807, 2.05) is 49.4 Å². The summed E-state index contributed by atoms with van der Waals surface area (Å²) in [6, 6.07) is 17.7. The van der Waals surface area contributed by atoms with Gasteiger partial charge in [-0.25, -0.2) is 4.98 Å². The third kappa shape index (κ3) is 3.71. The first-order chi connectivity index (χ1) is 15.0. The molecule has 0 atom stereocenters. The zero-order valence-electron chi connectivity index (χ0n) is 16.9. The SMILES string of the molecule is Cc1cc(C)c2nc(N(Cc3ccccn3)C(=O)c3sc4ccccc4c3Cl)sc2c1. The molecule has 0 spiro atoms. The van der Waals surface area contributed by atoms with Crippen LogP contribution in [0.25, 0.3) is 20.3 Å². The molecule has 0 aliphatic carbocycles. The molecule has 0 fully saturated rings. The number of halogens is 1. The summed E-state index contributed by atoms with van der Waals surface area (Å²) in [6.45, 7) is 4.44. The maximum Gasteiger partial charge on any atom is 0.272 e. The van der Waals surface area contributed by atoms with Crippen LogP contribution in [0.1, 0.15) is 26.5 Å². The second-order valence-corrected chi connectivity index (χ2v) is 9.82. The fraction of sp³-hybridized carbons (Fsp3) is 0.125. The quantitative estimate of drug-likeness (QED) is 0.287. The lowest BCUT2D eigenvalue weighted by molar-refractivity contribution is 0.0989. The number of aryl methyl sites for hydroxylation is 2. The first-order valence-electron chi connectivity index (χ1n) is 9.78. The number of benzene rings is 2. The Kier molecular flexibility index (Phi) is 5.22. The minimum Gasteiger partial charge on any atom is -0.277 e. The van der Waals surface area contributed by atoms with Crippen LogP contribution < -0.4 is 4.90 Å². The molecular weight excluding hydrogens is 446 g/mol. The minimum atomic E-state index is -0.162. The summed E-state index contributed by atoms with van der Waals surface area (Å²) < 4.78 is 2.05. The monoisotopic (exact) mass is 463 g/mol. The molecule has 0 bridgehead atoms. The van der Waals surface area contributed by atoms with Gasteiger partial charge in [-0.15, -0.1) is 11.3 Å². The summed E-state index contributed by atoms with van der Waals surface area (Å²) in [4.78, 5) is 25.2. The van der Waals surface area contributed by atoms with Crippen molar-refractivity contribution >= 4 is 65.6 Å². The van der Waals surface area contributed by atoms with Crippen LogP contribution in [0.15, 0.2) is 60.8 Å². The third-order valence-corrected chi connectivity index (χ3v) is 7.76. The van der Waals surface area contributed by atoms with Crippen molar-refractivity contribution in [2.24, 2.45) is 0 Å². The molecule has 2 aromatic carbocycles. The lowest BCUT2D eigenvalue weighted by Gasteiger charge is -2.19. The molecule has 3 heterocycles. The van der Waals surface area contributed by atoms with Gasteiger partial charge >= 0.3 is 0 Å². The molecule has 0 aliphatic rings. The Hall–Kier alpha value is -2.80. The third-order valence-electron chi connectivity index (χ3n) is 5.07. The maximum absolute atomic E-state index is 13.8. The molecule has 0 N–H and O–H groups in total. The molecule has 0 saturated heterocycles. The number of hydrogen-bond donors (Lipinski definition) is 0. The van der Waals surface area contributed by atoms with Crippen molar-refractivity contribution < 1.29 is 4.79 Å². The number of anilines is 1. The largest absolute Gasteiger partial charge is 0.277 e. The van der Waals surface area contributed by atoms with E-state index >= 15 is 0 Å². The summed E-state index contributed by atoms with van der Waals surface area (Å²) in [5, 5.41) is 2.03. The Morgan fingerprint density at radius 2 is 1.84 bits per heavy atom. The van der Waals surface area contributed by atoms with E-state index in [2.05, 4.69) is 24.0 Å². The van der Waals surface area contributed by atoms with Gasteiger partial charge in [0.05, 0.1) is 27.5 Å². The predicted octanol–water partition coefficient (Wildman–Crippen LogP) is 7.02. The smallest absolute Gasteiger partial charge is 0.272 e. The number of rotatable bonds is 4. The van der Waals surface area contributed by atoms with Gasteiger partial charge in [0.25, 0.3) is 5.91 Å². The molecule has 154 valence electrons. The predicted molar refractivity (Wildman–Crippen MR) is 131 cm³/mol. The van der Waals surface area contributed by atoms with Gasteiger partial charge in [-0.05, 0) is 49.2 Å². The highest BCUT2D eigenvalue weighted by Gasteiger charge is 2.27. The molecule has 3 aromatic heterocycles. The van der Waals surface area contributed by atoms with Crippen molar-refractivity contribution in [1.29, 1.82) is 0 Å². The topological polar surface area (TPSA) is 46.1 Å². The first-order valence-corrected chi connectivity index (χ1v) is 11.8. The van der Waals surface area contributed by atoms with Gasteiger partial charge in [-0.2, -0.15) is 0 Å². The highest BCUT2D eigenvalue weighted by atomic mass is 35.5. The van der Waals surface area contributed by atoms with Gasteiger partial charge in [0.2, 0.25) is 0 Å². The second-order valence-electron chi connectivity index (χ2n) is 7.38. The van der Waals surface area contributed by atoms with Crippen LogP contribution in [0.4, 0.5) is 5.13 Å². The molecule has 5 rings (SSSR count). The highest BCUT2D eigenvalue weighted by molar-refractivity contribution is 7.23. The lowest BCUT2D eigenvalue weighted by atomic mass is 10.1. The molecule has 0 unspecified atom stereocenters. The number of pyridine rings is 1. The molecule has 0 saturated carbocycles. The number of amides is 1. The number of carbonyl (C=O) groups is 1. The molecule has 31 heavy (non-hydrogen) atoms.